The van der Waals surface area contributed by atoms with E-state index in [9.17, 15) is 0 Å². The summed E-state index contributed by atoms with van der Waals surface area (Å²) in [5, 5.41) is 0. The second-order valence-electron chi connectivity index (χ2n) is 3.14. The largest absolute Gasteiger partial charge is 0.0805 e. The molecule has 0 aromatic carbocycles. The van der Waals surface area contributed by atoms with Gasteiger partial charge < -0.3 is 0 Å². The van der Waals surface area contributed by atoms with Crippen molar-refractivity contribution in [3.63, 3.8) is 0 Å². The lowest BCUT2D eigenvalue weighted by Crippen LogP contribution is -1.97. The van der Waals surface area contributed by atoms with Crippen molar-refractivity contribution in [2.75, 3.05) is 0 Å². The van der Waals surface area contributed by atoms with E-state index in [1.165, 1.54) is 12.8 Å². The van der Waals surface area contributed by atoms with Gasteiger partial charge in [0.15, 0.2) is 0 Å². The molecule has 0 spiro atoms. The molecule has 0 radical (unpaired) electrons. The van der Waals surface area contributed by atoms with Crippen molar-refractivity contribution in [1.29, 1.82) is 0 Å². The van der Waals surface area contributed by atoms with Gasteiger partial charge in [0, 0.05) is 0 Å². The highest BCUT2D eigenvalue weighted by Crippen LogP contribution is 2.58. The lowest BCUT2D eigenvalue weighted by atomic mass is 9.97. The van der Waals surface area contributed by atoms with E-state index < -0.39 is 0 Å². The molecule has 2 atom stereocenters. The molecule has 2 aliphatic rings. The normalized spacial score (nSPS) is 44.8. The Kier molecular flexibility index (Phi) is 0.879. The number of allylic oxidation sites excluding steroid dienone is 4. The summed E-state index contributed by atoms with van der Waals surface area (Å²) >= 11 is 0. The minimum atomic E-state index is 0.620. The predicted octanol–water partition coefficient (Wildman–Crippen LogP) is 2.53. The molecule has 1 saturated carbocycles. The fourth-order valence-corrected chi connectivity index (χ4v) is 1.77. The Balaban J connectivity index is 2.23. The van der Waals surface area contributed by atoms with E-state index in [2.05, 4.69) is 31.2 Å². The molecule has 0 aromatic rings. The maximum Gasteiger partial charge on any atom is -0.00487 e. The van der Waals surface area contributed by atoms with Gasteiger partial charge in [-0.25, -0.2) is 0 Å². The first-order valence-electron chi connectivity index (χ1n) is 3.73. The van der Waals surface area contributed by atoms with E-state index in [4.69, 9.17) is 0 Å². The van der Waals surface area contributed by atoms with Gasteiger partial charge in [0.1, 0.15) is 0 Å². The summed E-state index contributed by atoms with van der Waals surface area (Å²) in [6.07, 6.45) is 11.8. The first-order chi connectivity index (χ1) is 4.37. The third-order valence-electron chi connectivity index (χ3n) is 2.72. The van der Waals surface area contributed by atoms with E-state index in [0.29, 0.717) is 5.41 Å². The molecule has 0 heterocycles. The van der Waals surface area contributed by atoms with Crippen LogP contribution in [0, 0.1) is 11.3 Å². The molecule has 2 unspecified atom stereocenters. The van der Waals surface area contributed by atoms with Gasteiger partial charge in [0.05, 0.1) is 0 Å². The monoisotopic (exact) mass is 120 g/mol. The lowest BCUT2D eigenvalue weighted by Gasteiger charge is -2.08. The zero-order valence-corrected chi connectivity index (χ0v) is 5.80. The van der Waals surface area contributed by atoms with Crippen molar-refractivity contribution in [2.24, 2.45) is 11.3 Å². The molecule has 0 nitrogen and oxygen atoms in total. The van der Waals surface area contributed by atoms with Crippen LogP contribution >= 0.6 is 0 Å². The summed E-state index contributed by atoms with van der Waals surface area (Å²) in [6, 6.07) is 0. The Hall–Kier alpha value is -0.520. The topological polar surface area (TPSA) is 0 Å². The Morgan fingerprint density at radius 2 is 2.44 bits per heavy atom. The third kappa shape index (κ3) is 0.592. The minimum Gasteiger partial charge on any atom is -0.0805 e. The number of hydrogen-bond acceptors (Lipinski definition) is 0. The highest BCUT2D eigenvalue weighted by molar-refractivity contribution is 5.28. The van der Waals surface area contributed by atoms with Gasteiger partial charge in [-0.3, -0.25) is 0 Å². The molecule has 1 fully saturated rings. The van der Waals surface area contributed by atoms with Crippen LogP contribution in [0.1, 0.15) is 19.8 Å². The minimum absolute atomic E-state index is 0.620. The van der Waals surface area contributed by atoms with Crippen LogP contribution in [0.15, 0.2) is 24.3 Å². The van der Waals surface area contributed by atoms with E-state index >= 15 is 0 Å². The summed E-state index contributed by atoms with van der Waals surface area (Å²) in [4.78, 5) is 0. The van der Waals surface area contributed by atoms with Gasteiger partial charge >= 0.3 is 0 Å². The summed E-state index contributed by atoms with van der Waals surface area (Å²) in [5.41, 5.74) is 0.620. The maximum atomic E-state index is 2.37. The zero-order chi connectivity index (χ0) is 6.32. The Morgan fingerprint density at radius 3 is 3.00 bits per heavy atom. The summed E-state index contributed by atoms with van der Waals surface area (Å²) in [7, 11) is 0. The Labute approximate surface area is 56.3 Å². The van der Waals surface area contributed by atoms with Crippen LogP contribution in [0.25, 0.3) is 0 Å². The number of hydrogen-bond donors (Lipinski definition) is 0. The average molecular weight is 120 g/mol. The molecule has 9 heavy (non-hydrogen) atoms. The second-order valence-corrected chi connectivity index (χ2v) is 3.14. The van der Waals surface area contributed by atoms with Crippen LogP contribution in [-0.4, -0.2) is 0 Å². The molecule has 0 aliphatic heterocycles. The molecule has 0 bridgehead atoms. The molecule has 0 aromatic heterocycles. The molecule has 0 N–H and O–H groups in total. The fraction of sp³-hybridized carbons (Fsp3) is 0.556. The third-order valence-corrected chi connectivity index (χ3v) is 2.72. The summed E-state index contributed by atoms with van der Waals surface area (Å²) in [5.74, 6) is 0.896. The lowest BCUT2D eigenvalue weighted by molar-refractivity contribution is 0.585. The van der Waals surface area contributed by atoms with E-state index in [1.807, 2.05) is 0 Å². The van der Waals surface area contributed by atoms with E-state index in [-0.39, 0.29) is 0 Å². The van der Waals surface area contributed by atoms with Gasteiger partial charge in [-0.15, -0.1) is 0 Å². The van der Waals surface area contributed by atoms with Gasteiger partial charge in [-0.1, -0.05) is 31.2 Å². The maximum absolute atomic E-state index is 2.37. The van der Waals surface area contributed by atoms with Crippen molar-refractivity contribution < 1.29 is 0 Å². The van der Waals surface area contributed by atoms with Crippen molar-refractivity contribution in [1.82, 2.24) is 0 Å². The van der Waals surface area contributed by atoms with E-state index in [0.717, 1.165) is 5.92 Å². The van der Waals surface area contributed by atoms with Crippen molar-refractivity contribution in [3.8, 4) is 0 Å². The van der Waals surface area contributed by atoms with Crippen LogP contribution in [-0.2, 0) is 0 Å². The van der Waals surface area contributed by atoms with Crippen molar-refractivity contribution >= 4 is 0 Å². The fourth-order valence-electron chi connectivity index (χ4n) is 1.77. The van der Waals surface area contributed by atoms with Gasteiger partial charge in [-0.2, -0.15) is 0 Å². The smallest absolute Gasteiger partial charge is 0.00487 e. The van der Waals surface area contributed by atoms with E-state index in [1.54, 1.807) is 0 Å². The van der Waals surface area contributed by atoms with Gasteiger partial charge in [-0.05, 0) is 24.2 Å². The Morgan fingerprint density at radius 1 is 1.56 bits per heavy atom. The average Bonchev–Trinajstić information content (AvgIpc) is 2.62. The molecule has 0 heteroatoms. The van der Waals surface area contributed by atoms with Gasteiger partial charge in [0.25, 0.3) is 0 Å². The first kappa shape index (κ1) is 5.28. The molecule has 48 valence electrons. The first-order valence-corrected chi connectivity index (χ1v) is 3.73. The van der Waals surface area contributed by atoms with Crippen LogP contribution in [0.4, 0.5) is 0 Å². The van der Waals surface area contributed by atoms with Crippen molar-refractivity contribution in [3.05, 3.63) is 24.3 Å². The van der Waals surface area contributed by atoms with Gasteiger partial charge in [0.2, 0.25) is 0 Å². The molecule has 0 amide bonds. The van der Waals surface area contributed by atoms with Crippen LogP contribution in [0.5, 0.6) is 0 Å². The van der Waals surface area contributed by atoms with Crippen LogP contribution in [0.3, 0.4) is 0 Å². The highest BCUT2D eigenvalue weighted by atomic mass is 14.5. The SMILES string of the molecule is CCC12C=CC=CC1C2. The molecule has 2 aliphatic carbocycles. The standard InChI is InChI=1S/C9H12/c1-2-9-6-4-3-5-8(9)7-9/h3-6,8H,2,7H2,1H3. The summed E-state index contributed by atoms with van der Waals surface area (Å²) < 4.78 is 0. The van der Waals surface area contributed by atoms with Crippen LogP contribution in [0.2, 0.25) is 0 Å². The molecule has 0 saturated heterocycles. The Bertz CT molecular complexity index is 176. The quantitative estimate of drug-likeness (QED) is 0.499. The highest BCUT2D eigenvalue weighted by Gasteiger charge is 2.49. The second kappa shape index (κ2) is 1.50. The molecular formula is C9H12. The number of fused-ring (bicyclic) bond motifs is 1. The summed E-state index contributed by atoms with van der Waals surface area (Å²) in [6.45, 7) is 2.28. The van der Waals surface area contributed by atoms with Crippen LogP contribution < -0.4 is 0 Å². The molecule has 2 rings (SSSR count). The number of rotatable bonds is 1. The predicted molar refractivity (Wildman–Crippen MR) is 39.1 cm³/mol. The molecular weight excluding hydrogens is 108 g/mol. The zero-order valence-electron chi connectivity index (χ0n) is 5.80. The van der Waals surface area contributed by atoms with Crippen molar-refractivity contribution in [2.45, 2.75) is 19.8 Å².